The Balaban J connectivity index is 1.32. The fraction of sp³-hybridized carbons (Fsp3) is 0.818. The quantitative estimate of drug-likeness (QED) is 0.165. The van der Waals surface area contributed by atoms with Crippen molar-refractivity contribution in [3.63, 3.8) is 0 Å². The number of carbonyl (C=O) groups is 12. The maximum atomic E-state index is 15.8. The summed E-state index contributed by atoms with van der Waals surface area (Å²) in [6, 6.07) is -9.83. The minimum atomic E-state index is -4.51. The molecule has 13 atom stereocenters. The van der Waals surface area contributed by atoms with Gasteiger partial charge in [0.05, 0.1) is 31.5 Å². The summed E-state index contributed by atoms with van der Waals surface area (Å²) in [5.74, 6) is -10.3. The van der Waals surface area contributed by atoms with E-state index in [1.807, 2.05) is 40.7 Å². The van der Waals surface area contributed by atoms with Crippen LogP contribution in [-0.2, 0) is 62.3 Å². The standard InChI is InChI=1S/C77H125F3N12O13/c1-17-25-55-66(96)82-64(49(6)18-2)72(102)86(11)44-63(95)88(13)56-28-21-20-24-37-91(71(56)101)59(39-50-31-29-47(4)30-32-50)70(100)85(10)43-61(93)81-54(36-34-51-33-35-53(77(78,79)80)60(40-51)105-16)68(98)92-42-48(5)38-57(92)67(97)83-76(45-75(7,8)46-76)74(104)90(15)65(52-26-22-23-27-52)73(103)89(14)58(41-62(94)87(55)12)69(99)84(9)19-3/h20-21,47-60,64-65H,17-19,22-46H2,1-16H3,(H,81,93)(H,82,96)(H,83,97)/b21-20-/t47?,48-,49+,50?,51?,53?,54+,55+,56+,57+,58+,59+,60?,64+,65+/m1/s1. The number of likely N-dealkylation sites (N-methyl/N-ethyl adjacent to an activating group) is 7. The van der Waals surface area contributed by atoms with Crippen LogP contribution in [0.4, 0.5) is 13.2 Å². The van der Waals surface area contributed by atoms with Crippen LogP contribution in [0.1, 0.15) is 203 Å². The van der Waals surface area contributed by atoms with Gasteiger partial charge >= 0.3 is 6.18 Å². The number of hydrogen-bond acceptors (Lipinski definition) is 13. The minimum absolute atomic E-state index is 0.00562. The third-order valence-electron chi connectivity index (χ3n) is 24.6. The van der Waals surface area contributed by atoms with Crippen LogP contribution >= 0.6 is 0 Å². The summed E-state index contributed by atoms with van der Waals surface area (Å²) in [5, 5.41) is 8.93. The molecule has 0 radical (unpaired) electrons. The number of nitrogens with one attached hydrogen (secondary N) is 3. The lowest BCUT2D eigenvalue weighted by Crippen LogP contribution is -2.71. The van der Waals surface area contributed by atoms with Gasteiger partial charge in [0, 0.05) is 76.1 Å². The minimum Gasteiger partial charge on any atom is -0.381 e. The zero-order valence-electron chi connectivity index (χ0n) is 65.7. The van der Waals surface area contributed by atoms with E-state index in [2.05, 4.69) is 22.9 Å². The highest BCUT2D eigenvalue weighted by Gasteiger charge is 2.59. The van der Waals surface area contributed by atoms with E-state index in [-0.39, 0.29) is 108 Å². The molecule has 105 heavy (non-hydrogen) atoms. The molecule has 3 N–H and O–H groups in total. The summed E-state index contributed by atoms with van der Waals surface area (Å²) < 4.78 is 48.3. The summed E-state index contributed by atoms with van der Waals surface area (Å²) in [5.41, 5.74) is -2.10. The van der Waals surface area contributed by atoms with E-state index in [9.17, 15) is 41.9 Å². The highest BCUT2D eigenvalue weighted by Crippen LogP contribution is 2.50. The molecule has 7 rings (SSSR count). The van der Waals surface area contributed by atoms with Crippen LogP contribution in [0.3, 0.4) is 0 Å². The van der Waals surface area contributed by atoms with Crippen LogP contribution in [0.5, 0.6) is 0 Å². The van der Waals surface area contributed by atoms with Gasteiger partial charge in [-0.1, -0.05) is 112 Å². The third-order valence-corrected chi connectivity index (χ3v) is 24.6. The number of fused-ring (bicyclic) bond motifs is 3. The smallest absolute Gasteiger partial charge is 0.381 e. The van der Waals surface area contributed by atoms with Gasteiger partial charge < -0.3 is 64.8 Å². The number of ether oxygens (including phenoxy) is 1. The molecule has 12 amide bonds. The van der Waals surface area contributed by atoms with E-state index in [0.29, 0.717) is 38.0 Å². The van der Waals surface area contributed by atoms with Gasteiger partial charge in [-0.15, -0.1) is 0 Å². The van der Waals surface area contributed by atoms with Crippen molar-refractivity contribution < 1.29 is 75.4 Å². The molecule has 2 bridgehead atoms. The van der Waals surface area contributed by atoms with Gasteiger partial charge in [-0.25, -0.2) is 0 Å². The van der Waals surface area contributed by atoms with Crippen LogP contribution in [0.2, 0.25) is 0 Å². The monoisotopic (exact) mass is 1480 g/mol. The molecule has 25 nitrogen and oxygen atoms in total. The van der Waals surface area contributed by atoms with E-state index in [1.54, 1.807) is 27.0 Å². The van der Waals surface area contributed by atoms with E-state index in [4.69, 9.17) is 4.74 Å². The van der Waals surface area contributed by atoms with E-state index < -0.39 is 180 Å². The van der Waals surface area contributed by atoms with E-state index in [1.165, 1.54) is 93.5 Å². The summed E-state index contributed by atoms with van der Waals surface area (Å²) in [6.45, 7) is 14.3. The van der Waals surface area contributed by atoms with Crippen LogP contribution in [0, 0.1) is 46.8 Å². The predicted octanol–water partition coefficient (Wildman–Crippen LogP) is 6.55. The number of rotatable bonds is 13. The van der Waals surface area contributed by atoms with Gasteiger partial charge in [0.1, 0.15) is 53.9 Å². The first-order chi connectivity index (χ1) is 49.3. The number of amides is 12. The molecule has 4 saturated carbocycles. The lowest BCUT2D eigenvalue weighted by molar-refractivity contribution is -0.215. The number of hydrogen-bond donors (Lipinski definition) is 3. The van der Waals surface area contributed by atoms with Crippen LogP contribution in [0.25, 0.3) is 0 Å². The molecule has 28 heteroatoms. The first-order valence-corrected chi connectivity index (χ1v) is 38.9. The molecule has 6 fully saturated rings. The summed E-state index contributed by atoms with van der Waals surface area (Å²) in [7, 11) is 11.5. The van der Waals surface area contributed by atoms with Crippen LogP contribution in [-0.4, -0.2) is 270 Å². The van der Waals surface area contributed by atoms with Crippen molar-refractivity contribution >= 4 is 70.9 Å². The average Bonchev–Trinajstić information content (AvgIpc) is 1.34. The van der Waals surface area contributed by atoms with Gasteiger partial charge in [-0.2, -0.15) is 13.2 Å². The molecule has 7 aliphatic rings. The summed E-state index contributed by atoms with van der Waals surface area (Å²) >= 11 is 0. The molecule has 3 heterocycles. The molecule has 0 aromatic rings. The van der Waals surface area contributed by atoms with Gasteiger partial charge in [-0.3, -0.25) is 57.5 Å². The molecule has 1 spiro atoms. The molecule has 3 aliphatic heterocycles. The van der Waals surface area contributed by atoms with Crippen molar-refractivity contribution in [3.05, 3.63) is 12.2 Å². The number of nitrogens with zero attached hydrogens (tertiary/aromatic N) is 9. The van der Waals surface area contributed by atoms with Gasteiger partial charge in [0.15, 0.2) is 0 Å². The second kappa shape index (κ2) is 36.8. The van der Waals surface area contributed by atoms with E-state index >= 15 is 28.8 Å². The molecule has 592 valence electrons. The number of methoxy groups -OCH3 is 1. The SMILES string of the molecule is CCC[C@H]1C(=O)N[C@@H]([C@@H](C)CC)C(=O)N(C)CC(=O)N(C)[C@H]2C/C=C\CCN(C2=O)[C@@H](CC2CCC(C)CC2)C(=O)N(C)CC(=O)N[C@@H](CCC2CCC(C(F)(F)F)C(OC)C2)C(=O)N2C[C@H](C)C[C@H]2C(=O)NC2(CC(C)(C)C2)C(=O)N(C)[C@@H](C2CCCC2)C(=O)N(C)[C@H](C(=O)N(C)CC)CC(=O)N1C. The Morgan fingerprint density at radius 2 is 1.30 bits per heavy atom. The molecule has 0 aromatic heterocycles. The second-order valence-corrected chi connectivity index (χ2v) is 33.2. The van der Waals surface area contributed by atoms with E-state index in [0.717, 1.165) is 38.5 Å². The molecular weight excluding hydrogens is 1360 g/mol. The van der Waals surface area contributed by atoms with Gasteiger partial charge in [-0.05, 0) is 138 Å². The Kier molecular flexibility index (Phi) is 29.9. The van der Waals surface area contributed by atoms with Crippen molar-refractivity contribution in [2.24, 2.45) is 46.8 Å². The summed E-state index contributed by atoms with van der Waals surface area (Å²) in [6.07, 6.45) is 5.43. The fourth-order valence-electron chi connectivity index (χ4n) is 17.9. The first-order valence-electron chi connectivity index (χ1n) is 38.9. The highest BCUT2D eigenvalue weighted by molar-refractivity contribution is 6.01. The van der Waals surface area contributed by atoms with Crippen LogP contribution < -0.4 is 16.0 Å². The van der Waals surface area contributed by atoms with Gasteiger partial charge in [0.25, 0.3) is 0 Å². The third kappa shape index (κ3) is 20.7. The Morgan fingerprint density at radius 3 is 1.90 bits per heavy atom. The molecule has 2 saturated heterocycles. The second-order valence-electron chi connectivity index (χ2n) is 33.2. The topological polar surface area (TPSA) is 279 Å². The average molecular weight is 1480 g/mol. The molecule has 0 aromatic carbocycles. The van der Waals surface area contributed by atoms with Crippen molar-refractivity contribution in [3.8, 4) is 0 Å². The van der Waals surface area contributed by atoms with Gasteiger partial charge in [0.2, 0.25) is 70.9 Å². The molecular formula is C77H125F3N12O13. The number of alkyl halides is 3. The zero-order chi connectivity index (χ0) is 77.9. The maximum absolute atomic E-state index is 15.8. The van der Waals surface area contributed by atoms with Crippen molar-refractivity contribution in [1.82, 2.24) is 60.0 Å². The van der Waals surface area contributed by atoms with Crippen molar-refractivity contribution in [1.29, 1.82) is 0 Å². The predicted molar refractivity (Wildman–Crippen MR) is 389 cm³/mol. The van der Waals surface area contributed by atoms with Crippen LogP contribution in [0.15, 0.2) is 12.2 Å². The van der Waals surface area contributed by atoms with Crippen molar-refractivity contribution in [2.45, 2.75) is 269 Å². The first kappa shape index (κ1) is 85.4. The Hall–Kier alpha value is -6.87. The number of halogens is 3. The Labute approximate surface area is 621 Å². The Bertz CT molecular complexity index is 3130. The lowest BCUT2D eigenvalue weighted by atomic mass is 9.58. The zero-order valence-corrected chi connectivity index (χ0v) is 65.7. The maximum Gasteiger partial charge on any atom is 0.394 e. The van der Waals surface area contributed by atoms with Crippen molar-refractivity contribution in [2.75, 3.05) is 89.2 Å². The Morgan fingerprint density at radius 1 is 0.667 bits per heavy atom. The molecule has 3 unspecified atom stereocenters. The normalized spacial score (nSPS) is 32.1. The highest BCUT2D eigenvalue weighted by atomic mass is 19.4. The number of carbonyl (C=O) groups excluding carboxylic acids is 12. The largest absolute Gasteiger partial charge is 0.394 e. The summed E-state index contributed by atoms with van der Waals surface area (Å²) in [4.78, 5) is 194. The lowest BCUT2D eigenvalue weighted by Gasteiger charge is -2.54. The fourth-order valence-corrected chi connectivity index (χ4v) is 17.9. The molecule has 4 aliphatic carbocycles.